The van der Waals surface area contributed by atoms with Gasteiger partial charge in [0.2, 0.25) is 0 Å². The van der Waals surface area contributed by atoms with Crippen molar-refractivity contribution in [2.24, 2.45) is 0 Å². The predicted molar refractivity (Wildman–Crippen MR) is 114 cm³/mol. The van der Waals surface area contributed by atoms with Crippen LogP contribution in [-0.2, 0) is 11.2 Å². The van der Waals surface area contributed by atoms with Gasteiger partial charge in [0.15, 0.2) is 0 Å². The molecule has 5 heteroatoms. The Labute approximate surface area is 166 Å². The number of ether oxygens (including phenoxy) is 1. The van der Waals surface area contributed by atoms with Crippen LogP contribution in [0.1, 0.15) is 36.2 Å². The van der Waals surface area contributed by atoms with Crippen LogP contribution in [0.5, 0.6) is 0 Å². The predicted octanol–water partition coefficient (Wildman–Crippen LogP) is 4.70. The quantitative estimate of drug-likeness (QED) is 0.531. The first kappa shape index (κ1) is 19.8. The summed E-state index contributed by atoms with van der Waals surface area (Å²) in [5.41, 5.74) is 3.64. The van der Waals surface area contributed by atoms with Crippen LogP contribution in [0.2, 0.25) is 0 Å². The largest absolute Gasteiger partial charge is 0.382 e. The number of pyridine rings is 1. The molecule has 0 saturated heterocycles. The van der Waals surface area contributed by atoms with Crippen molar-refractivity contribution >= 4 is 28.3 Å². The average Bonchev–Trinajstić information content (AvgIpc) is 2.73. The molecular formula is C23H27N3O2. The number of rotatable bonds is 9. The highest BCUT2D eigenvalue weighted by Gasteiger charge is 2.13. The van der Waals surface area contributed by atoms with Gasteiger partial charge in [-0.15, -0.1) is 0 Å². The Hall–Kier alpha value is -2.92. The lowest BCUT2D eigenvalue weighted by Gasteiger charge is -2.12. The fourth-order valence-electron chi connectivity index (χ4n) is 3.01. The SMILES string of the molecule is CCOCCCNC(=O)c1cc(Nc2ccc(CC)cc2)nc2ccccc12. The molecule has 1 amide bonds. The van der Waals surface area contributed by atoms with Crippen LogP contribution in [-0.4, -0.2) is 30.6 Å². The number of amides is 1. The van der Waals surface area contributed by atoms with E-state index in [-0.39, 0.29) is 5.91 Å². The van der Waals surface area contributed by atoms with Crippen molar-refractivity contribution in [2.75, 3.05) is 25.1 Å². The van der Waals surface area contributed by atoms with Crippen molar-refractivity contribution in [3.8, 4) is 0 Å². The molecule has 0 unspecified atom stereocenters. The van der Waals surface area contributed by atoms with Crippen molar-refractivity contribution < 1.29 is 9.53 Å². The van der Waals surface area contributed by atoms with Gasteiger partial charge in [0, 0.05) is 30.8 Å². The van der Waals surface area contributed by atoms with E-state index < -0.39 is 0 Å². The topological polar surface area (TPSA) is 63.2 Å². The molecule has 2 aromatic carbocycles. The van der Waals surface area contributed by atoms with Crippen LogP contribution < -0.4 is 10.6 Å². The zero-order valence-corrected chi connectivity index (χ0v) is 16.5. The third-order valence-electron chi connectivity index (χ3n) is 4.55. The second-order valence-corrected chi connectivity index (χ2v) is 6.55. The van der Waals surface area contributed by atoms with Gasteiger partial charge in [-0.1, -0.05) is 37.3 Å². The molecule has 1 heterocycles. The Kier molecular flexibility index (Phi) is 6.98. The normalized spacial score (nSPS) is 10.8. The standard InChI is InChI=1S/C23H27N3O2/c1-3-17-10-12-18(13-11-17)25-22-16-20(19-8-5-6-9-21(19)26-22)23(27)24-14-7-15-28-4-2/h5-6,8-13,16H,3-4,7,14-15H2,1-2H3,(H,24,27)(H,25,26). The van der Waals surface area contributed by atoms with Crippen LogP contribution >= 0.6 is 0 Å². The fraction of sp³-hybridized carbons (Fsp3) is 0.304. The molecule has 3 aromatic rings. The highest BCUT2D eigenvalue weighted by atomic mass is 16.5. The van der Waals surface area contributed by atoms with E-state index in [1.54, 1.807) is 0 Å². The van der Waals surface area contributed by atoms with E-state index in [1.807, 2.05) is 49.4 Å². The molecule has 0 spiro atoms. The summed E-state index contributed by atoms with van der Waals surface area (Å²) in [6.07, 6.45) is 1.79. The molecule has 2 N–H and O–H groups in total. The minimum absolute atomic E-state index is 0.0977. The van der Waals surface area contributed by atoms with Gasteiger partial charge in [0.1, 0.15) is 5.82 Å². The molecule has 1 aromatic heterocycles. The van der Waals surface area contributed by atoms with Crippen molar-refractivity contribution in [2.45, 2.75) is 26.7 Å². The Bertz CT molecular complexity index is 923. The van der Waals surface area contributed by atoms with E-state index in [0.29, 0.717) is 31.1 Å². The smallest absolute Gasteiger partial charge is 0.252 e. The van der Waals surface area contributed by atoms with E-state index in [9.17, 15) is 4.79 Å². The molecule has 0 radical (unpaired) electrons. The number of hydrogen-bond donors (Lipinski definition) is 2. The van der Waals surface area contributed by atoms with E-state index in [4.69, 9.17) is 4.74 Å². The lowest BCUT2D eigenvalue weighted by atomic mass is 10.1. The molecule has 0 aliphatic carbocycles. The lowest BCUT2D eigenvalue weighted by molar-refractivity contribution is 0.0946. The molecule has 28 heavy (non-hydrogen) atoms. The van der Waals surface area contributed by atoms with Crippen molar-refractivity contribution in [1.82, 2.24) is 10.3 Å². The van der Waals surface area contributed by atoms with Crippen LogP contribution in [0, 0.1) is 0 Å². The molecule has 3 rings (SSSR count). The molecule has 0 saturated carbocycles. The second-order valence-electron chi connectivity index (χ2n) is 6.55. The number of anilines is 2. The highest BCUT2D eigenvalue weighted by Crippen LogP contribution is 2.23. The van der Waals surface area contributed by atoms with Gasteiger partial charge in [-0.05, 0) is 49.6 Å². The van der Waals surface area contributed by atoms with Gasteiger partial charge in [-0.25, -0.2) is 4.98 Å². The summed E-state index contributed by atoms with van der Waals surface area (Å²) in [5, 5.41) is 7.14. The molecule has 0 aliphatic rings. The third kappa shape index (κ3) is 5.08. The minimum Gasteiger partial charge on any atom is -0.382 e. The lowest BCUT2D eigenvalue weighted by Crippen LogP contribution is -2.25. The van der Waals surface area contributed by atoms with Crippen molar-refractivity contribution in [3.05, 3.63) is 65.7 Å². The molecule has 0 atom stereocenters. The number of benzene rings is 2. The maximum absolute atomic E-state index is 12.8. The Morgan fingerprint density at radius 3 is 2.61 bits per heavy atom. The number of fused-ring (bicyclic) bond motifs is 1. The second kappa shape index (κ2) is 9.85. The summed E-state index contributed by atoms with van der Waals surface area (Å²) in [6, 6.07) is 17.8. The van der Waals surface area contributed by atoms with Gasteiger partial charge in [-0.3, -0.25) is 4.79 Å². The minimum atomic E-state index is -0.0977. The summed E-state index contributed by atoms with van der Waals surface area (Å²) in [5.74, 6) is 0.557. The van der Waals surface area contributed by atoms with Gasteiger partial charge in [0.25, 0.3) is 5.91 Å². The van der Waals surface area contributed by atoms with E-state index in [2.05, 4.69) is 34.7 Å². The maximum Gasteiger partial charge on any atom is 0.252 e. The van der Waals surface area contributed by atoms with E-state index in [1.165, 1.54) is 5.56 Å². The number of hydrogen-bond acceptors (Lipinski definition) is 4. The van der Waals surface area contributed by atoms with E-state index >= 15 is 0 Å². The average molecular weight is 377 g/mol. The van der Waals surface area contributed by atoms with Crippen LogP contribution in [0.4, 0.5) is 11.5 Å². The van der Waals surface area contributed by atoms with Crippen LogP contribution in [0.25, 0.3) is 10.9 Å². The number of nitrogens with one attached hydrogen (secondary N) is 2. The van der Waals surface area contributed by atoms with Gasteiger partial charge < -0.3 is 15.4 Å². The molecule has 5 nitrogen and oxygen atoms in total. The van der Waals surface area contributed by atoms with Crippen molar-refractivity contribution in [1.29, 1.82) is 0 Å². The summed E-state index contributed by atoms with van der Waals surface area (Å²) < 4.78 is 5.32. The number of carbonyl (C=O) groups is 1. The fourth-order valence-corrected chi connectivity index (χ4v) is 3.01. The maximum atomic E-state index is 12.8. The van der Waals surface area contributed by atoms with Crippen molar-refractivity contribution in [3.63, 3.8) is 0 Å². The molecule has 0 fully saturated rings. The zero-order valence-electron chi connectivity index (χ0n) is 16.5. The third-order valence-corrected chi connectivity index (χ3v) is 4.55. The van der Waals surface area contributed by atoms with Crippen LogP contribution in [0.3, 0.4) is 0 Å². The first-order valence-corrected chi connectivity index (χ1v) is 9.83. The first-order chi connectivity index (χ1) is 13.7. The Morgan fingerprint density at radius 2 is 1.86 bits per heavy atom. The van der Waals surface area contributed by atoms with E-state index in [0.717, 1.165) is 29.4 Å². The first-order valence-electron chi connectivity index (χ1n) is 9.83. The summed E-state index contributed by atoms with van der Waals surface area (Å²) in [4.78, 5) is 17.4. The molecule has 146 valence electrons. The number of aromatic nitrogens is 1. The summed E-state index contributed by atoms with van der Waals surface area (Å²) in [7, 11) is 0. The molecule has 0 bridgehead atoms. The number of para-hydroxylation sites is 1. The van der Waals surface area contributed by atoms with Gasteiger partial charge in [-0.2, -0.15) is 0 Å². The summed E-state index contributed by atoms with van der Waals surface area (Å²) in [6.45, 7) is 6.01. The zero-order chi connectivity index (χ0) is 19.8. The highest BCUT2D eigenvalue weighted by molar-refractivity contribution is 6.07. The molecule has 0 aliphatic heterocycles. The number of carbonyl (C=O) groups excluding carboxylic acids is 1. The number of aryl methyl sites for hydroxylation is 1. The number of nitrogens with zero attached hydrogens (tertiary/aromatic N) is 1. The monoisotopic (exact) mass is 377 g/mol. The molecular weight excluding hydrogens is 350 g/mol. The van der Waals surface area contributed by atoms with Gasteiger partial charge in [0.05, 0.1) is 11.1 Å². The Morgan fingerprint density at radius 1 is 1.07 bits per heavy atom. The summed E-state index contributed by atoms with van der Waals surface area (Å²) >= 11 is 0. The van der Waals surface area contributed by atoms with Gasteiger partial charge >= 0.3 is 0 Å². The Balaban J connectivity index is 1.81. The van der Waals surface area contributed by atoms with Crippen LogP contribution in [0.15, 0.2) is 54.6 Å².